The van der Waals surface area contributed by atoms with Crippen LogP contribution >= 0.6 is 0 Å². The van der Waals surface area contributed by atoms with E-state index in [0.717, 1.165) is 19.3 Å². The standard InChI is InChI=1S/C9H13NO/c10-5-7-3-6-1-2-8(7)9(11)4-6/h6-9,11H,1-4H2/t6-,7-,8-,9-/m1/s1. The molecule has 3 fully saturated rings. The predicted molar refractivity (Wildman–Crippen MR) is 40.6 cm³/mol. The Kier molecular flexibility index (Phi) is 1.61. The zero-order valence-corrected chi connectivity index (χ0v) is 6.53. The molecule has 60 valence electrons. The summed E-state index contributed by atoms with van der Waals surface area (Å²) >= 11 is 0. The van der Waals surface area contributed by atoms with Gasteiger partial charge in [0.25, 0.3) is 0 Å². The Morgan fingerprint density at radius 3 is 2.55 bits per heavy atom. The van der Waals surface area contributed by atoms with Crippen LogP contribution in [0.25, 0.3) is 0 Å². The van der Waals surface area contributed by atoms with Crippen molar-refractivity contribution in [2.75, 3.05) is 0 Å². The average molecular weight is 151 g/mol. The molecule has 3 aliphatic carbocycles. The van der Waals surface area contributed by atoms with Gasteiger partial charge in [-0.2, -0.15) is 5.26 Å². The van der Waals surface area contributed by atoms with Gasteiger partial charge in [-0.1, -0.05) is 0 Å². The first-order valence-corrected chi connectivity index (χ1v) is 4.39. The van der Waals surface area contributed by atoms with Gasteiger partial charge in [-0.25, -0.2) is 0 Å². The second-order valence-electron chi connectivity index (χ2n) is 3.88. The number of hydrogen-bond donors (Lipinski definition) is 1. The van der Waals surface area contributed by atoms with Gasteiger partial charge in [-0.15, -0.1) is 0 Å². The molecule has 3 saturated carbocycles. The van der Waals surface area contributed by atoms with Crippen molar-refractivity contribution in [3.05, 3.63) is 0 Å². The van der Waals surface area contributed by atoms with Gasteiger partial charge in [0, 0.05) is 5.92 Å². The molecule has 2 bridgehead atoms. The molecule has 0 spiro atoms. The van der Waals surface area contributed by atoms with Crippen LogP contribution in [0.15, 0.2) is 0 Å². The summed E-state index contributed by atoms with van der Waals surface area (Å²) in [5.41, 5.74) is 0. The van der Waals surface area contributed by atoms with Gasteiger partial charge in [0.1, 0.15) is 0 Å². The summed E-state index contributed by atoms with van der Waals surface area (Å²) in [5.74, 6) is 1.09. The maximum absolute atomic E-state index is 9.55. The van der Waals surface area contributed by atoms with Gasteiger partial charge >= 0.3 is 0 Å². The van der Waals surface area contributed by atoms with Crippen LogP contribution < -0.4 is 0 Å². The molecular weight excluding hydrogens is 138 g/mol. The first-order chi connectivity index (χ1) is 5.31. The molecule has 0 aromatic carbocycles. The zero-order chi connectivity index (χ0) is 7.84. The van der Waals surface area contributed by atoms with E-state index in [4.69, 9.17) is 5.26 Å². The molecule has 3 rings (SSSR count). The molecule has 0 radical (unpaired) electrons. The molecule has 0 aliphatic heterocycles. The van der Waals surface area contributed by atoms with Gasteiger partial charge in [0.2, 0.25) is 0 Å². The first kappa shape index (κ1) is 7.12. The van der Waals surface area contributed by atoms with E-state index in [1.165, 1.54) is 6.42 Å². The third-order valence-corrected chi connectivity index (χ3v) is 3.25. The fourth-order valence-corrected chi connectivity index (χ4v) is 2.62. The SMILES string of the molecule is N#C[C@H]1C[C@H]2CC[C@H]1[C@H](O)C2. The minimum Gasteiger partial charge on any atom is -0.393 e. The smallest absolute Gasteiger partial charge is 0.0659 e. The summed E-state index contributed by atoms with van der Waals surface area (Å²) in [5, 5.41) is 18.3. The van der Waals surface area contributed by atoms with Crippen molar-refractivity contribution < 1.29 is 5.11 Å². The second kappa shape index (κ2) is 2.49. The van der Waals surface area contributed by atoms with Crippen LogP contribution in [0, 0.1) is 29.1 Å². The molecule has 0 aromatic rings. The summed E-state index contributed by atoms with van der Waals surface area (Å²) in [6, 6.07) is 2.31. The number of nitriles is 1. The predicted octanol–water partition coefficient (Wildman–Crippen LogP) is 1.31. The van der Waals surface area contributed by atoms with Crippen molar-refractivity contribution in [1.82, 2.24) is 0 Å². The van der Waals surface area contributed by atoms with Crippen molar-refractivity contribution in [1.29, 1.82) is 5.26 Å². The van der Waals surface area contributed by atoms with Crippen LogP contribution in [-0.4, -0.2) is 11.2 Å². The lowest BCUT2D eigenvalue weighted by molar-refractivity contribution is -0.0199. The minimum atomic E-state index is -0.174. The quantitative estimate of drug-likeness (QED) is 0.567. The highest BCUT2D eigenvalue weighted by Gasteiger charge is 2.41. The fourth-order valence-electron chi connectivity index (χ4n) is 2.62. The summed E-state index contributed by atoms with van der Waals surface area (Å²) < 4.78 is 0. The molecule has 4 atom stereocenters. The third-order valence-electron chi connectivity index (χ3n) is 3.25. The largest absolute Gasteiger partial charge is 0.393 e. The summed E-state index contributed by atoms with van der Waals surface area (Å²) in [7, 11) is 0. The van der Waals surface area contributed by atoms with Crippen LogP contribution in [0.5, 0.6) is 0 Å². The number of hydrogen-bond acceptors (Lipinski definition) is 2. The summed E-state index contributed by atoms with van der Waals surface area (Å²) in [6.45, 7) is 0. The Balaban J connectivity index is 2.14. The van der Waals surface area contributed by atoms with E-state index in [2.05, 4.69) is 6.07 Å². The van der Waals surface area contributed by atoms with E-state index in [9.17, 15) is 5.11 Å². The number of aliphatic hydroxyl groups is 1. The van der Waals surface area contributed by atoms with Gasteiger partial charge < -0.3 is 5.11 Å². The van der Waals surface area contributed by atoms with Gasteiger partial charge in [0.15, 0.2) is 0 Å². The monoisotopic (exact) mass is 151 g/mol. The second-order valence-corrected chi connectivity index (χ2v) is 3.88. The van der Waals surface area contributed by atoms with Crippen molar-refractivity contribution in [3.63, 3.8) is 0 Å². The van der Waals surface area contributed by atoms with E-state index in [0.29, 0.717) is 11.8 Å². The summed E-state index contributed by atoms with van der Waals surface area (Å²) in [6.07, 6.45) is 4.12. The summed E-state index contributed by atoms with van der Waals surface area (Å²) in [4.78, 5) is 0. The van der Waals surface area contributed by atoms with Crippen LogP contribution in [0.1, 0.15) is 25.7 Å². The molecule has 0 amide bonds. The lowest BCUT2D eigenvalue weighted by atomic mass is 9.64. The highest BCUT2D eigenvalue weighted by atomic mass is 16.3. The van der Waals surface area contributed by atoms with E-state index < -0.39 is 0 Å². The highest BCUT2D eigenvalue weighted by molar-refractivity contribution is 5.00. The number of fused-ring (bicyclic) bond motifs is 3. The normalized spacial score (nSPS) is 48.7. The topological polar surface area (TPSA) is 44.0 Å². The Bertz CT molecular complexity index is 196. The zero-order valence-electron chi connectivity index (χ0n) is 6.53. The number of nitrogens with zero attached hydrogens (tertiary/aromatic N) is 1. The Morgan fingerprint density at radius 2 is 2.09 bits per heavy atom. The van der Waals surface area contributed by atoms with E-state index in [1.54, 1.807) is 0 Å². The molecule has 0 aromatic heterocycles. The molecule has 3 aliphatic rings. The molecule has 11 heavy (non-hydrogen) atoms. The Hall–Kier alpha value is -0.550. The molecule has 2 nitrogen and oxygen atoms in total. The average Bonchev–Trinajstić information content (AvgIpc) is 2.04. The van der Waals surface area contributed by atoms with Crippen LogP contribution in [-0.2, 0) is 0 Å². The van der Waals surface area contributed by atoms with Gasteiger partial charge in [-0.05, 0) is 31.6 Å². The lowest BCUT2D eigenvalue weighted by Gasteiger charge is -2.42. The Labute approximate surface area is 66.8 Å². The van der Waals surface area contributed by atoms with Crippen LogP contribution in [0.2, 0.25) is 0 Å². The van der Waals surface area contributed by atoms with Crippen molar-refractivity contribution >= 4 is 0 Å². The van der Waals surface area contributed by atoms with Crippen LogP contribution in [0.3, 0.4) is 0 Å². The number of rotatable bonds is 0. The lowest BCUT2D eigenvalue weighted by Crippen LogP contribution is -2.40. The third kappa shape index (κ3) is 1.04. The molecule has 2 heteroatoms. The fraction of sp³-hybridized carbons (Fsp3) is 0.889. The van der Waals surface area contributed by atoms with E-state index in [1.807, 2.05) is 0 Å². The van der Waals surface area contributed by atoms with Crippen LogP contribution in [0.4, 0.5) is 0 Å². The molecule has 0 unspecified atom stereocenters. The van der Waals surface area contributed by atoms with E-state index in [-0.39, 0.29) is 12.0 Å². The minimum absolute atomic E-state index is 0.150. The first-order valence-electron chi connectivity index (χ1n) is 4.39. The van der Waals surface area contributed by atoms with Crippen molar-refractivity contribution in [3.8, 4) is 6.07 Å². The van der Waals surface area contributed by atoms with Gasteiger partial charge in [0.05, 0.1) is 18.1 Å². The van der Waals surface area contributed by atoms with Gasteiger partial charge in [-0.3, -0.25) is 0 Å². The van der Waals surface area contributed by atoms with Crippen molar-refractivity contribution in [2.45, 2.75) is 31.8 Å². The molecule has 1 N–H and O–H groups in total. The molecule has 0 saturated heterocycles. The highest BCUT2D eigenvalue weighted by Crippen LogP contribution is 2.44. The molecule has 0 heterocycles. The Morgan fingerprint density at radius 1 is 1.27 bits per heavy atom. The maximum atomic E-state index is 9.55. The maximum Gasteiger partial charge on any atom is 0.0659 e. The number of aliphatic hydroxyl groups excluding tert-OH is 1. The van der Waals surface area contributed by atoms with E-state index >= 15 is 0 Å². The van der Waals surface area contributed by atoms with Crippen molar-refractivity contribution in [2.24, 2.45) is 17.8 Å². The molecular formula is C9H13NO.